The van der Waals surface area contributed by atoms with Gasteiger partial charge in [-0.05, 0) is 30.5 Å². The minimum absolute atomic E-state index is 0.197. The first kappa shape index (κ1) is 17.9. The van der Waals surface area contributed by atoms with Gasteiger partial charge in [0.25, 0.3) is 0 Å². The molecule has 3 aromatic carbocycles. The number of Topliss-reactive ketones (excluding diaryl/α,β-unsaturated/α-hetero) is 1. The van der Waals surface area contributed by atoms with E-state index in [4.69, 9.17) is 4.74 Å². The predicted molar refractivity (Wildman–Crippen MR) is 105 cm³/mol. The Kier molecular flexibility index (Phi) is 6.21. The van der Waals surface area contributed by atoms with E-state index in [0.717, 1.165) is 34.8 Å². The molecule has 0 bridgehead atoms. The largest absolute Gasteiger partial charge is 0.493 e. The Balaban J connectivity index is 1.93. The van der Waals surface area contributed by atoms with Crippen molar-refractivity contribution in [2.45, 2.75) is 19.8 Å². The van der Waals surface area contributed by atoms with Crippen molar-refractivity contribution in [3.63, 3.8) is 0 Å². The zero-order valence-corrected chi connectivity index (χ0v) is 15.0. The van der Waals surface area contributed by atoms with Gasteiger partial charge in [-0.25, -0.2) is 0 Å². The summed E-state index contributed by atoms with van der Waals surface area (Å²) in [7, 11) is 0. The summed E-state index contributed by atoms with van der Waals surface area (Å²) >= 11 is 0. The van der Waals surface area contributed by atoms with Gasteiger partial charge in [-0.1, -0.05) is 78.9 Å². The third-order valence-electron chi connectivity index (χ3n) is 4.21. The number of para-hydroxylation sites is 1. The standard InChI is InChI=1S/C24H23O2/c1-19(25)11-10-18-26-23-17-9-8-16-22(23)24(20-12-4-2-5-13-20)21-14-6-3-7-15-21/h2-9,12-17H,10-11,18H2,1H3. The molecule has 26 heavy (non-hydrogen) atoms. The lowest BCUT2D eigenvalue weighted by Crippen LogP contribution is -2.08. The Hall–Kier alpha value is -2.87. The van der Waals surface area contributed by atoms with Crippen molar-refractivity contribution in [1.82, 2.24) is 0 Å². The quantitative estimate of drug-likeness (QED) is 0.401. The third kappa shape index (κ3) is 4.60. The molecule has 0 aromatic heterocycles. The Labute approximate surface area is 155 Å². The number of carbonyl (C=O) groups is 1. The normalized spacial score (nSPS) is 10.7. The van der Waals surface area contributed by atoms with Crippen molar-refractivity contribution in [3.05, 3.63) is 108 Å². The zero-order chi connectivity index (χ0) is 18.2. The second-order valence-electron chi connectivity index (χ2n) is 6.26. The van der Waals surface area contributed by atoms with Crippen molar-refractivity contribution in [1.29, 1.82) is 0 Å². The van der Waals surface area contributed by atoms with Gasteiger partial charge >= 0.3 is 0 Å². The molecule has 0 saturated carbocycles. The lowest BCUT2D eigenvalue weighted by molar-refractivity contribution is -0.117. The molecule has 1 radical (unpaired) electrons. The van der Waals surface area contributed by atoms with E-state index in [1.54, 1.807) is 6.92 Å². The van der Waals surface area contributed by atoms with E-state index < -0.39 is 0 Å². The van der Waals surface area contributed by atoms with Gasteiger partial charge in [-0.2, -0.15) is 0 Å². The van der Waals surface area contributed by atoms with Crippen LogP contribution in [0.2, 0.25) is 0 Å². The lowest BCUT2D eigenvalue weighted by Gasteiger charge is -2.21. The van der Waals surface area contributed by atoms with Crippen molar-refractivity contribution < 1.29 is 9.53 Å². The van der Waals surface area contributed by atoms with E-state index in [-0.39, 0.29) is 5.78 Å². The molecule has 0 spiro atoms. The van der Waals surface area contributed by atoms with Gasteiger partial charge < -0.3 is 9.53 Å². The van der Waals surface area contributed by atoms with Gasteiger partial charge in [0.1, 0.15) is 11.5 Å². The summed E-state index contributed by atoms with van der Waals surface area (Å²) in [5.74, 6) is 2.19. The molecule has 0 N–H and O–H groups in total. The van der Waals surface area contributed by atoms with Crippen LogP contribution in [0.4, 0.5) is 0 Å². The van der Waals surface area contributed by atoms with Crippen LogP contribution >= 0.6 is 0 Å². The topological polar surface area (TPSA) is 26.3 Å². The summed E-state index contributed by atoms with van der Waals surface area (Å²) in [5.41, 5.74) is 3.37. The average Bonchev–Trinajstić information content (AvgIpc) is 2.68. The Morgan fingerprint density at radius 3 is 1.88 bits per heavy atom. The zero-order valence-electron chi connectivity index (χ0n) is 15.0. The van der Waals surface area contributed by atoms with Crippen LogP contribution in [-0.2, 0) is 4.79 Å². The van der Waals surface area contributed by atoms with Crippen molar-refractivity contribution in [2.75, 3.05) is 6.61 Å². The van der Waals surface area contributed by atoms with Crippen LogP contribution in [0.5, 0.6) is 5.75 Å². The van der Waals surface area contributed by atoms with Crippen molar-refractivity contribution in [2.24, 2.45) is 0 Å². The highest BCUT2D eigenvalue weighted by Gasteiger charge is 2.21. The molecular weight excluding hydrogens is 320 g/mol. The second-order valence-corrected chi connectivity index (χ2v) is 6.26. The van der Waals surface area contributed by atoms with Gasteiger partial charge in [0, 0.05) is 12.0 Å². The summed E-state index contributed by atoms with van der Waals surface area (Å²) in [5, 5.41) is 0. The summed E-state index contributed by atoms with van der Waals surface area (Å²) in [4.78, 5) is 11.1. The molecule has 3 rings (SSSR count). The first-order valence-electron chi connectivity index (χ1n) is 8.95. The summed E-state index contributed by atoms with van der Waals surface area (Å²) in [6.07, 6.45) is 1.28. The summed E-state index contributed by atoms with van der Waals surface area (Å²) in [6.45, 7) is 2.15. The maximum Gasteiger partial charge on any atom is 0.129 e. The average molecular weight is 343 g/mol. The summed E-state index contributed by atoms with van der Waals surface area (Å²) < 4.78 is 6.04. The number of ether oxygens (including phenoxy) is 1. The molecule has 0 aliphatic heterocycles. The maximum absolute atomic E-state index is 11.1. The smallest absolute Gasteiger partial charge is 0.129 e. The van der Waals surface area contributed by atoms with E-state index in [1.165, 1.54) is 0 Å². The molecule has 2 nitrogen and oxygen atoms in total. The lowest BCUT2D eigenvalue weighted by atomic mass is 9.85. The highest BCUT2D eigenvalue weighted by Crippen LogP contribution is 2.36. The van der Waals surface area contributed by atoms with E-state index in [2.05, 4.69) is 54.6 Å². The highest BCUT2D eigenvalue weighted by molar-refractivity contribution is 5.75. The van der Waals surface area contributed by atoms with Gasteiger partial charge in [0.05, 0.1) is 12.5 Å². The molecule has 0 fully saturated rings. The number of ketones is 1. The monoisotopic (exact) mass is 343 g/mol. The maximum atomic E-state index is 11.1. The number of rotatable bonds is 8. The van der Waals surface area contributed by atoms with Crippen molar-refractivity contribution >= 4 is 5.78 Å². The van der Waals surface area contributed by atoms with E-state index in [9.17, 15) is 4.79 Å². The van der Waals surface area contributed by atoms with Crippen molar-refractivity contribution in [3.8, 4) is 5.75 Å². The van der Waals surface area contributed by atoms with Crippen LogP contribution in [0, 0.1) is 5.92 Å². The number of hydrogen-bond donors (Lipinski definition) is 0. The molecule has 0 aliphatic carbocycles. The first-order valence-corrected chi connectivity index (χ1v) is 8.95. The Morgan fingerprint density at radius 1 is 0.769 bits per heavy atom. The van der Waals surface area contributed by atoms with Gasteiger partial charge in [-0.15, -0.1) is 0 Å². The number of benzene rings is 3. The molecule has 0 unspecified atom stereocenters. The van der Waals surface area contributed by atoms with Crippen LogP contribution in [-0.4, -0.2) is 12.4 Å². The molecule has 0 saturated heterocycles. The molecular formula is C24H23O2. The van der Waals surface area contributed by atoms with Gasteiger partial charge in [0.2, 0.25) is 0 Å². The van der Waals surface area contributed by atoms with Crippen LogP contribution in [0.25, 0.3) is 0 Å². The van der Waals surface area contributed by atoms with E-state index in [0.29, 0.717) is 13.0 Å². The summed E-state index contributed by atoms with van der Waals surface area (Å²) in [6, 6.07) is 28.8. The molecule has 0 amide bonds. The Bertz CT molecular complexity index is 786. The van der Waals surface area contributed by atoms with E-state index in [1.807, 2.05) is 30.3 Å². The number of carbonyl (C=O) groups excluding carboxylic acids is 1. The SMILES string of the molecule is CC(=O)CCCOc1ccccc1[C](c1ccccc1)c1ccccc1. The van der Waals surface area contributed by atoms with Crippen LogP contribution in [0.3, 0.4) is 0 Å². The fourth-order valence-corrected chi connectivity index (χ4v) is 2.99. The number of hydrogen-bond acceptors (Lipinski definition) is 2. The third-order valence-corrected chi connectivity index (χ3v) is 4.21. The molecule has 0 heterocycles. The highest BCUT2D eigenvalue weighted by atomic mass is 16.5. The van der Waals surface area contributed by atoms with Crippen LogP contribution in [0.1, 0.15) is 36.5 Å². The fraction of sp³-hybridized carbons (Fsp3) is 0.167. The van der Waals surface area contributed by atoms with Gasteiger partial charge in [-0.3, -0.25) is 0 Å². The predicted octanol–water partition coefficient (Wildman–Crippen LogP) is 5.45. The fourth-order valence-electron chi connectivity index (χ4n) is 2.99. The minimum Gasteiger partial charge on any atom is -0.493 e. The molecule has 2 heteroatoms. The Morgan fingerprint density at radius 2 is 1.31 bits per heavy atom. The van der Waals surface area contributed by atoms with Crippen LogP contribution < -0.4 is 4.74 Å². The molecule has 3 aromatic rings. The van der Waals surface area contributed by atoms with E-state index >= 15 is 0 Å². The minimum atomic E-state index is 0.197. The second kappa shape index (κ2) is 9.00. The molecule has 0 atom stereocenters. The van der Waals surface area contributed by atoms with Crippen LogP contribution in [0.15, 0.2) is 84.9 Å². The van der Waals surface area contributed by atoms with Gasteiger partial charge in [0.15, 0.2) is 0 Å². The molecule has 131 valence electrons. The molecule has 0 aliphatic rings. The first-order chi connectivity index (χ1) is 12.8.